The number of thiophene rings is 5. The molecule has 0 nitrogen and oxygen atoms in total. The second-order valence-electron chi connectivity index (χ2n) is 17.9. The lowest BCUT2D eigenvalue weighted by molar-refractivity contribution is 0.656. The van der Waals surface area contributed by atoms with Gasteiger partial charge >= 0.3 is 0 Å². The molecule has 3 atom stereocenters. The Hall–Kier alpha value is -5.92. The van der Waals surface area contributed by atoms with E-state index < -0.39 is 0 Å². The molecule has 0 bridgehead atoms. The van der Waals surface area contributed by atoms with Gasteiger partial charge in [-0.1, -0.05) is 122 Å². The number of hydrogen-bond acceptors (Lipinski definition) is 5. The van der Waals surface area contributed by atoms with Crippen molar-refractivity contribution in [3.05, 3.63) is 181 Å². The van der Waals surface area contributed by atoms with Crippen LogP contribution in [0.1, 0.15) is 36.3 Å². The van der Waals surface area contributed by atoms with Crippen LogP contribution in [0.3, 0.4) is 0 Å². The van der Waals surface area contributed by atoms with Gasteiger partial charge in [0.25, 0.3) is 0 Å². The first kappa shape index (κ1) is 36.4. The van der Waals surface area contributed by atoms with Crippen LogP contribution in [0, 0.1) is 5.92 Å². The van der Waals surface area contributed by atoms with Gasteiger partial charge in [0.1, 0.15) is 0 Å². The highest BCUT2D eigenvalue weighted by atomic mass is 32.1. The van der Waals surface area contributed by atoms with Crippen molar-refractivity contribution in [3.8, 4) is 54.3 Å². The zero-order valence-electron chi connectivity index (χ0n) is 34.6. The Morgan fingerprint density at radius 2 is 0.844 bits per heavy atom. The Morgan fingerprint density at radius 3 is 1.44 bits per heavy atom. The third-order valence-electron chi connectivity index (χ3n) is 14.4. The van der Waals surface area contributed by atoms with Gasteiger partial charge in [0.2, 0.25) is 0 Å². The summed E-state index contributed by atoms with van der Waals surface area (Å²) in [6, 6.07) is 64.7. The molecule has 2 unspecified atom stereocenters. The molecule has 0 saturated heterocycles. The van der Waals surface area contributed by atoms with E-state index in [2.05, 4.69) is 177 Å². The van der Waals surface area contributed by atoms with Gasteiger partial charge in [0, 0.05) is 70.3 Å². The molecule has 1 saturated carbocycles. The predicted octanol–water partition coefficient (Wildman–Crippen LogP) is 19.6. The van der Waals surface area contributed by atoms with E-state index in [4.69, 9.17) is 0 Å². The highest BCUT2D eigenvalue weighted by molar-refractivity contribution is 7.33. The maximum atomic E-state index is 2.54. The molecule has 0 radical (unpaired) electrons. The maximum absolute atomic E-state index is 2.54. The van der Waals surface area contributed by atoms with E-state index >= 15 is 0 Å². The summed E-state index contributed by atoms with van der Waals surface area (Å²) in [5, 5.41) is 8.24. The van der Waals surface area contributed by atoms with Gasteiger partial charge < -0.3 is 0 Å². The summed E-state index contributed by atoms with van der Waals surface area (Å²) in [5.74, 6) is 1.89. The normalized spacial score (nSPS) is 16.9. The summed E-state index contributed by atoms with van der Waals surface area (Å²) in [6.45, 7) is 2.50. The number of rotatable bonds is 4. The molecule has 5 heteroatoms. The second-order valence-corrected chi connectivity index (χ2v) is 23.3. The molecule has 5 aromatic heterocycles. The SMILES string of the molecule is CC1c2c(ccc3c2sc2ccc(-c4ccccc4)cc23)-c2cc(-c3cc4sc(-c5ccc6sc7c(ccc8c9cc(-c%10ccccc%10)ccc9sc87)c6c5)cc4s3)ccc2C2C[C@H]12. The minimum absolute atomic E-state index is 0.531. The molecule has 64 heavy (non-hydrogen) atoms. The van der Waals surface area contributed by atoms with Crippen LogP contribution in [0.2, 0.25) is 0 Å². The van der Waals surface area contributed by atoms with Crippen LogP contribution < -0.4 is 0 Å². The zero-order valence-corrected chi connectivity index (χ0v) is 38.7. The summed E-state index contributed by atoms with van der Waals surface area (Å²) >= 11 is 9.76. The molecule has 8 aromatic carbocycles. The van der Waals surface area contributed by atoms with E-state index in [0.717, 1.165) is 0 Å². The van der Waals surface area contributed by atoms with Gasteiger partial charge in [-0.05, 0) is 134 Å². The van der Waals surface area contributed by atoms with Crippen molar-refractivity contribution in [1.82, 2.24) is 0 Å². The van der Waals surface area contributed by atoms with Crippen molar-refractivity contribution >= 4 is 127 Å². The fraction of sp³-hybridized carbons (Fsp3) is 0.0847. The van der Waals surface area contributed by atoms with Crippen molar-refractivity contribution in [2.24, 2.45) is 5.92 Å². The van der Waals surface area contributed by atoms with Crippen LogP contribution in [0.5, 0.6) is 0 Å². The molecule has 302 valence electrons. The molecule has 15 rings (SSSR count). The van der Waals surface area contributed by atoms with Gasteiger partial charge in [-0.25, -0.2) is 0 Å². The van der Waals surface area contributed by atoms with E-state index in [1.54, 1.807) is 11.1 Å². The van der Waals surface area contributed by atoms with Crippen LogP contribution in [-0.4, -0.2) is 0 Å². The first-order valence-electron chi connectivity index (χ1n) is 22.2. The van der Waals surface area contributed by atoms with E-state index in [9.17, 15) is 0 Å². The number of fused-ring (bicyclic) bond motifs is 17. The molecule has 2 aliphatic rings. The molecule has 0 aliphatic heterocycles. The van der Waals surface area contributed by atoms with Crippen molar-refractivity contribution in [1.29, 1.82) is 0 Å². The summed E-state index contributed by atoms with van der Waals surface area (Å²) in [4.78, 5) is 2.71. The Labute approximate surface area is 390 Å². The summed E-state index contributed by atoms with van der Waals surface area (Å²) < 4.78 is 11.1. The molecular formula is C59H36S5. The Bertz CT molecular complexity index is 4050. The van der Waals surface area contributed by atoms with E-state index in [-0.39, 0.29) is 0 Å². The topological polar surface area (TPSA) is 0 Å². The molecule has 2 aliphatic carbocycles. The van der Waals surface area contributed by atoms with E-state index in [1.807, 2.05) is 56.7 Å². The van der Waals surface area contributed by atoms with Crippen LogP contribution in [0.25, 0.3) is 124 Å². The van der Waals surface area contributed by atoms with Crippen LogP contribution in [0.4, 0.5) is 0 Å². The standard InChI is InChI=1S/C59H36S5/c1-31-43-28-45(43)38-16-12-36(26-44(38)39-17-18-40-46-24-34(32-8-4-2-5-9-32)13-21-49(46)62-57(40)56(31)39)52-29-54-55(60-52)30-53(61-54)37-15-23-51-48(27-37)42-20-19-41-47-25-35(33-10-6-3-7-11-33)14-22-50(47)63-58(41)59(42)64-51/h2-27,29-31,43,45H,28H2,1H3/t31?,43-,45?/m1/s1. The quantitative estimate of drug-likeness (QED) is 0.165. The molecule has 5 heterocycles. The highest BCUT2D eigenvalue weighted by Crippen LogP contribution is 2.62. The first-order chi connectivity index (χ1) is 31.6. The monoisotopic (exact) mass is 904 g/mol. The summed E-state index contributed by atoms with van der Waals surface area (Å²) in [5.41, 5.74) is 13.8. The lowest BCUT2D eigenvalue weighted by Crippen LogP contribution is -1.98. The van der Waals surface area contributed by atoms with E-state index in [0.29, 0.717) is 17.8 Å². The zero-order chi connectivity index (χ0) is 41.8. The minimum Gasteiger partial charge on any atom is -0.135 e. The van der Waals surface area contributed by atoms with Gasteiger partial charge in [0.05, 0.1) is 9.40 Å². The minimum atomic E-state index is 0.531. The van der Waals surface area contributed by atoms with Crippen molar-refractivity contribution < 1.29 is 0 Å². The smallest absolute Gasteiger partial charge is 0.0534 e. The van der Waals surface area contributed by atoms with Crippen molar-refractivity contribution in [3.63, 3.8) is 0 Å². The average Bonchev–Trinajstić information content (AvgIpc) is 3.71. The van der Waals surface area contributed by atoms with Crippen molar-refractivity contribution in [2.45, 2.75) is 25.2 Å². The molecular weight excluding hydrogens is 869 g/mol. The van der Waals surface area contributed by atoms with Crippen LogP contribution in [-0.2, 0) is 0 Å². The van der Waals surface area contributed by atoms with Gasteiger partial charge in [-0.3, -0.25) is 0 Å². The third kappa shape index (κ3) is 5.36. The predicted molar refractivity (Wildman–Crippen MR) is 285 cm³/mol. The molecule has 1 fully saturated rings. The maximum Gasteiger partial charge on any atom is 0.0534 e. The Balaban J connectivity index is 0.784. The first-order valence-corrected chi connectivity index (χ1v) is 26.3. The second kappa shape index (κ2) is 13.6. The fourth-order valence-electron chi connectivity index (χ4n) is 11.1. The molecule has 0 spiro atoms. The number of hydrogen-bond donors (Lipinski definition) is 0. The van der Waals surface area contributed by atoms with Gasteiger partial charge in [-0.2, -0.15) is 0 Å². The Kier molecular flexibility index (Phi) is 7.71. The van der Waals surface area contributed by atoms with Gasteiger partial charge in [0.15, 0.2) is 0 Å². The van der Waals surface area contributed by atoms with E-state index in [1.165, 1.54) is 131 Å². The molecule has 0 N–H and O–H groups in total. The van der Waals surface area contributed by atoms with Crippen LogP contribution in [0.15, 0.2) is 170 Å². The van der Waals surface area contributed by atoms with Crippen LogP contribution >= 0.6 is 56.7 Å². The van der Waals surface area contributed by atoms with Crippen molar-refractivity contribution in [2.75, 3.05) is 0 Å². The Morgan fingerprint density at radius 1 is 0.359 bits per heavy atom. The third-order valence-corrected chi connectivity index (χ3v) is 20.6. The molecule has 0 amide bonds. The highest BCUT2D eigenvalue weighted by Gasteiger charge is 2.47. The lowest BCUT2D eigenvalue weighted by atomic mass is 9.88. The largest absolute Gasteiger partial charge is 0.135 e. The molecule has 13 aromatic rings. The lowest BCUT2D eigenvalue weighted by Gasteiger charge is -2.17. The average molecular weight is 905 g/mol. The summed E-state index contributed by atoms with van der Waals surface area (Å²) in [6.07, 6.45) is 1.29. The fourth-order valence-corrected chi connectivity index (χ4v) is 17.3. The van der Waals surface area contributed by atoms with Gasteiger partial charge in [-0.15, -0.1) is 56.7 Å². The summed E-state index contributed by atoms with van der Waals surface area (Å²) in [7, 11) is 0. The number of benzene rings is 8.